The van der Waals surface area contributed by atoms with Crippen LogP contribution in [0, 0.1) is 6.92 Å². The van der Waals surface area contributed by atoms with Crippen LogP contribution in [0.4, 0.5) is 17.1 Å². The average Bonchev–Trinajstić information content (AvgIpc) is 3.31. The van der Waals surface area contributed by atoms with Crippen LogP contribution < -0.4 is 4.90 Å². The molecule has 0 unspecified atom stereocenters. The van der Waals surface area contributed by atoms with E-state index in [1.165, 1.54) is 104 Å². The summed E-state index contributed by atoms with van der Waals surface area (Å²) in [6, 6.07) is 48.0. The maximum atomic E-state index is 2.59. The summed E-state index contributed by atoms with van der Waals surface area (Å²) in [5.41, 5.74) is 14.6. The first-order chi connectivity index (χ1) is 22.0. The van der Waals surface area contributed by atoms with E-state index in [9.17, 15) is 0 Å². The zero-order valence-corrected chi connectivity index (χ0v) is 26.7. The predicted molar refractivity (Wildman–Crippen MR) is 192 cm³/mol. The first-order valence-corrected chi connectivity index (χ1v) is 16.7. The minimum Gasteiger partial charge on any atom is -0.310 e. The van der Waals surface area contributed by atoms with Gasteiger partial charge in [0.1, 0.15) is 0 Å². The third-order valence-electron chi connectivity index (χ3n) is 10.6. The molecule has 0 radical (unpaired) electrons. The van der Waals surface area contributed by atoms with Crippen molar-refractivity contribution in [2.24, 2.45) is 0 Å². The summed E-state index contributed by atoms with van der Waals surface area (Å²) in [4.78, 5) is 2.59. The molecule has 222 valence electrons. The van der Waals surface area contributed by atoms with E-state index in [1.54, 1.807) is 0 Å². The maximum absolute atomic E-state index is 2.59. The highest BCUT2D eigenvalue weighted by Crippen LogP contribution is 2.52. The molecule has 1 heteroatoms. The summed E-state index contributed by atoms with van der Waals surface area (Å²) in [5, 5.41) is 2.53. The van der Waals surface area contributed by atoms with Crippen LogP contribution in [0.3, 0.4) is 0 Å². The van der Waals surface area contributed by atoms with Gasteiger partial charge in [-0.25, -0.2) is 0 Å². The molecule has 0 saturated heterocycles. The standard InChI is InChI=1S/C44H41N/c1-30-15-7-10-20-35(30)39-27-32-18-8-9-19-33(32)28-43(39)45(42-24-14-12-21-36(42)31-16-5-4-6-17-31)34-25-26-38-37-22-11-13-23-40(37)44(2,3)41(38)29-34/h7-15,18-29,31H,4-6,16-17H2,1-3H3. The monoisotopic (exact) mass is 583 g/mol. The Kier molecular flexibility index (Phi) is 6.86. The summed E-state index contributed by atoms with van der Waals surface area (Å²) >= 11 is 0. The molecule has 45 heavy (non-hydrogen) atoms. The van der Waals surface area contributed by atoms with Crippen molar-refractivity contribution in [2.75, 3.05) is 4.90 Å². The SMILES string of the molecule is Cc1ccccc1-c1cc2ccccc2cc1N(c1ccc2c(c1)C(C)(C)c1ccccc1-2)c1ccccc1C1CCCCC1. The number of para-hydroxylation sites is 1. The van der Waals surface area contributed by atoms with Crippen LogP contribution in [-0.2, 0) is 5.41 Å². The van der Waals surface area contributed by atoms with Crippen LogP contribution in [0.2, 0.25) is 0 Å². The fourth-order valence-corrected chi connectivity index (χ4v) is 8.19. The molecule has 0 amide bonds. The molecule has 8 rings (SSSR count). The van der Waals surface area contributed by atoms with E-state index in [1.807, 2.05) is 0 Å². The first-order valence-electron chi connectivity index (χ1n) is 16.7. The molecule has 0 aliphatic heterocycles. The second kappa shape index (κ2) is 11.1. The average molecular weight is 584 g/mol. The van der Waals surface area contributed by atoms with Crippen LogP contribution in [0.25, 0.3) is 33.0 Å². The molecular weight excluding hydrogens is 542 g/mol. The minimum absolute atomic E-state index is 0.0707. The predicted octanol–water partition coefficient (Wildman–Crippen LogP) is 12.6. The number of hydrogen-bond acceptors (Lipinski definition) is 1. The molecule has 1 nitrogen and oxygen atoms in total. The van der Waals surface area contributed by atoms with Gasteiger partial charge in [0.05, 0.1) is 5.69 Å². The molecule has 0 spiro atoms. The Balaban J connectivity index is 1.42. The normalized spacial score (nSPS) is 15.5. The van der Waals surface area contributed by atoms with E-state index >= 15 is 0 Å². The van der Waals surface area contributed by atoms with Crippen molar-refractivity contribution in [1.29, 1.82) is 0 Å². The topological polar surface area (TPSA) is 3.24 Å². The maximum Gasteiger partial charge on any atom is 0.0546 e. The van der Waals surface area contributed by atoms with Gasteiger partial charge in [0.15, 0.2) is 0 Å². The number of hydrogen-bond donors (Lipinski definition) is 0. The number of rotatable bonds is 5. The highest BCUT2D eigenvalue weighted by atomic mass is 15.1. The number of aryl methyl sites for hydroxylation is 1. The van der Waals surface area contributed by atoms with Gasteiger partial charge in [-0.1, -0.05) is 130 Å². The van der Waals surface area contributed by atoms with Gasteiger partial charge in [0.25, 0.3) is 0 Å². The molecule has 0 atom stereocenters. The Morgan fingerprint density at radius 1 is 0.533 bits per heavy atom. The molecule has 0 heterocycles. The third kappa shape index (κ3) is 4.68. The van der Waals surface area contributed by atoms with Crippen LogP contribution >= 0.6 is 0 Å². The number of anilines is 3. The van der Waals surface area contributed by atoms with Crippen LogP contribution in [0.5, 0.6) is 0 Å². The van der Waals surface area contributed by atoms with Crippen molar-refractivity contribution in [3.8, 4) is 22.3 Å². The van der Waals surface area contributed by atoms with Gasteiger partial charge in [-0.05, 0) is 106 Å². The largest absolute Gasteiger partial charge is 0.310 e. The van der Waals surface area contributed by atoms with Crippen LogP contribution in [-0.4, -0.2) is 0 Å². The van der Waals surface area contributed by atoms with Crippen molar-refractivity contribution < 1.29 is 0 Å². The molecule has 0 bridgehead atoms. The molecule has 1 saturated carbocycles. The molecule has 0 N–H and O–H groups in total. The Bertz CT molecular complexity index is 2040. The van der Waals surface area contributed by atoms with Crippen molar-refractivity contribution in [2.45, 2.75) is 64.2 Å². The van der Waals surface area contributed by atoms with Crippen LogP contribution in [0.1, 0.15) is 74.1 Å². The van der Waals surface area contributed by atoms with Gasteiger partial charge >= 0.3 is 0 Å². The Morgan fingerprint density at radius 2 is 1.18 bits per heavy atom. The van der Waals surface area contributed by atoms with E-state index in [0.29, 0.717) is 5.92 Å². The highest BCUT2D eigenvalue weighted by molar-refractivity contribution is 5.99. The molecule has 2 aliphatic carbocycles. The van der Waals surface area contributed by atoms with Gasteiger partial charge in [-0.3, -0.25) is 0 Å². The van der Waals surface area contributed by atoms with Gasteiger partial charge in [0.2, 0.25) is 0 Å². The number of fused-ring (bicyclic) bond motifs is 4. The van der Waals surface area contributed by atoms with Crippen LogP contribution in [0.15, 0.2) is 127 Å². The zero-order valence-electron chi connectivity index (χ0n) is 26.7. The second-order valence-electron chi connectivity index (χ2n) is 13.7. The lowest BCUT2D eigenvalue weighted by molar-refractivity contribution is 0.444. The Hall–Kier alpha value is -4.62. The van der Waals surface area contributed by atoms with E-state index in [0.717, 1.165) is 0 Å². The van der Waals surface area contributed by atoms with Gasteiger partial charge in [0, 0.05) is 22.4 Å². The summed E-state index contributed by atoms with van der Waals surface area (Å²) in [7, 11) is 0. The first kappa shape index (κ1) is 27.9. The molecule has 0 aromatic heterocycles. The highest BCUT2D eigenvalue weighted by Gasteiger charge is 2.36. The summed E-state index contributed by atoms with van der Waals surface area (Å²) in [6.45, 7) is 7.01. The number of benzene rings is 6. The third-order valence-corrected chi connectivity index (χ3v) is 10.6. The van der Waals surface area contributed by atoms with Gasteiger partial charge < -0.3 is 4.90 Å². The fraction of sp³-hybridized carbons (Fsp3) is 0.227. The lowest BCUT2D eigenvalue weighted by atomic mass is 9.82. The van der Waals surface area contributed by atoms with E-state index in [-0.39, 0.29) is 5.41 Å². The summed E-state index contributed by atoms with van der Waals surface area (Å²) in [5.74, 6) is 0.579. The molecular formula is C44H41N. The van der Waals surface area contributed by atoms with E-state index in [2.05, 4.69) is 153 Å². The molecule has 1 fully saturated rings. The minimum atomic E-state index is -0.0707. The van der Waals surface area contributed by atoms with Gasteiger partial charge in [-0.2, -0.15) is 0 Å². The molecule has 6 aromatic rings. The summed E-state index contributed by atoms with van der Waals surface area (Å²) < 4.78 is 0. The second-order valence-corrected chi connectivity index (χ2v) is 13.7. The Labute approximate surface area is 268 Å². The smallest absolute Gasteiger partial charge is 0.0546 e. The summed E-state index contributed by atoms with van der Waals surface area (Å²) in [6.07, 6.45) is 6.51. The van der Waals surface area contributed by atoms with Crippen molar-refractivity contribution in [3.63, 3.8) is 0 Å². The van der Waals surface area contributed by atoms with Crippen molar-refractivity contribution in [1.82, 2.24) is 0 Å². The van der Waals surface area contributed by atoms with Gasteiger partial charge in [-0.15, -0.1) is 0 Å². The van der Waals surface area contributed by atoms with Crippen molar-refractivity contribution >= 4 is 27.8 Å². The molecule has 6 aromatic carbocycles. The number of nitrogens with zero attached hydrogens (tertiary/aromatic N) is 1. The fourth-order valence-electron chi connectivity index (χ4n) is 8.19. The zero-order chi connectivity index (χ0) is 30.5. The lowest BCUT2D eigenvalue weighted by Crippen LogP contribution is -2.18. The Morgan fingerprint density at radius 3 is 1.98 bits per heavy atom. The lowest BCUT2D eigenvalue weighted by Gasteiger charge is -2.34. The van der Waals surface area contributed by atoms with E-state index in [4.69, 9.17) is 0 Å². The van der Waals surface area contributed by atoms with E-state index < -0.39 is 0 Å². The van der Waals surface area contributed by atoms with Crippen molar-refractivity contribution in [3.05, 3.63) is 150 Å². The molecule has 2 aliphatic rings. The quantitative estimate of drug-likeness (QED) is 0.195.